The number of benzene rings is 1. The van der Waals surface area contributed by atoms with Crippen LogP contribution < -0.4 is 16.3 Å². The van der Waals surface area contributed by atoms with Crippen molar-refractivity contribution in [2.75, 3.05) is 10.6 Å². The second-order valence-corrected chi connectivity index (χ2v) is 6.07. The van der Waals surface area contributed by atoms with Crippen LogP contribution in [-0.2, 0) is 9.59 Å². The molecule has 0 unspecified atom stereocenters. The standard InChI is InChI=1S/C18H19N5O3/c1-10-3-4-12(9-11(10)2)19-15(24)7-8-16(25)21-14-6-5-13-17(22-14)23-18(26)20-13/h3-6,9H,7-8H2,1-2H3,(H,19,24)(H3,20,21,22,23,25,26). The van der Waals surface area contributed by atoms with Crippen LogP contribution in [0.5, 0.6) is 0 Å². The van der Waals surface area contributed by atoms with E-state index < -0.39 is 0 Å². The largest absolute Gasteiger partial charge is 0.326 e. The summed E-state index contributed by atoms with van der Waals surface area (Å²) in [4.78, 5) is 44.4. The third-order valence-corrected chi connectivity index (χ3v) is 4.01. The van der Waals surface area contributed by atoms with E-state index in [1.165, 1.54) is 0 Å². The number of carbonyl (C=O) groups is 2. The molecule has 134 valence electrons. The number of hydrogen-bond donors (Lipinski definition) is 4. The molecule has 8 heteroatoms. The fraction of sp³-hybridized carbons (Fsp3) is 0.222. The molecule has 0 spiro atoms. The SMILES string of the molecule is Cc1ccc(NC(=O)CCC(=O)Nc2ccc3[nH]c(=O)[nH]c3n2)cc1C. The van der Waals surface area contributed by atoms with Gasteiger partial charge in [-0.05, 0) is 49.2 Å². The number of rotatable bonds is 5. The average Bonchev–Trinajstić information content (AvgIpc) is 2.96. The Hall–Kier alpha value is -3.42. The average molecular weight is 353 g/mol. The quantitative estimate of drug-likeness (QED) is 0.562. The minimum atomic E-state index is -0.362. The molecule has 0 aliphatic carbocycles. The van der Waals surface area contributed by atoms with Crippen molar-refractivity contribution in [3.8, 4) is 0 Å². The Labute approximate surface area is 149 Å². The molecule has 0 saturated carbocycles. The zero-order valence-electron chi connectivity index (χ0n) is 14.5. The van der Waals surface area contributed by atoms with Crippen LogP contribution in [0, 0.1) is 13.8 Å². The molecule has 0 aliphatic rings. The highest BCUT2D eigenvalue weighted by Crippen LogP contribution is 2.15. The molecule has 3 rings (SSSR count). The monoisotopic (exact) mass is 353 g/mol. The van der Waals surface area contributed by atoms with E-state index in [1.807, 2.05) is 32.0 Å². The van der Waals surface area contributed by atoms with Gasteiger partial charge in [-0.3, -0.25) is 14.6 Å². The van der Waals surface area contributed by atoms with Gasteiger partial charge in [0.2, 0.25) is 11.8 Å². The van der Waals surface area contributed by atoms with Crippen molar-refractivity contribution in [1.29, 1.82) is 0 Å². The predicted molar refractivity (Wildman–Crippen MR) is 99.1 cm³/mol. The highest BCUT2D eigenvalue weighted by Gasteiger charge is 2.10. The van der Waals surface area contributed by atoms with Crippen LogP contribution in [0.4, 0.5) is 11.5 Å². The van der Waals surface area contributed by atoms with Crippen LogP contribution in [0.15, 0.2) is 35.1 Å². The molecular weight excluding hydrogens is 334 g/mol. The fourth-order valence-electron chi connectivity index (χ4n) is 2.46. The molecular formula is C18H19N5O3. The summed E-state index contributed by atoms with van der Waals surface area (Å²) in [5.41, 5.74) is 3.50. The van der Waals surface area contributed by atoms with Gasteiger partial charge < -0.3 is 15.6 Å². The molecule has 0 radical (unpaired) electrons. The number of H-pyrrole nitrogens is 2. The lowest BCUT2D eigenvalue weighted by Gasteiger charge is -2.08. The van der Waals surface area contributed by atoms with E-state index >= 15 is 0 Å². The summed E-state index contributed by atoms with van der Waals surface area (Å²) in [7, 11) is 0. The molecule has 4 N–H and O–H groups in total. The first-order chi connectivity index (χ1) is 12.4. The van der Waals surface area contributed by atoms with Crippen LogP contribution >= 0.6 is 0 Å². The van der Waals surface area contributed by atoms with Gasteiger partial charge in [-0.25, -0.2) is 9.78 Å². The number of fused-ring (bicyclic) bond motifs is 1. The van der Waals surface area contributed by atoms with Crippen LogP contribution in [0.1, 0.15) is 24.0 Å². The molecule has 2 heterocycles. The lowest BCUT2D eigenvalue weighted by molar-refractivity contribution is -0.121. The molecule has 26 heavy (non-hydrogen) atoms. The number of imidazole rings is 1. The van der Waals surface area contributed by atoms with Crippen molar-refractivity contribution in [3.63, 3.8) is 0 Å². The third-order valence-electron chi connectivity index (χ3n) is 4.01. The Morgan fingerprint density at radius 3 is 2.42 bits per heavy atom. The van der Waals surface area contributed by atoms with Crippen molar-refractivity contribution >= 4 is 34.5 Å². The van der Waals surface area contributed by atoms with Gasteiger partial charge in [-0.1, -0.05) is 6.07 Å². The third kappa shape index (κ3) is 4.15. The van der Waals surface area contributed by atoms with E-state index in [0.29, 0.717) is 22.7 Å². The first kappa shape index (κ1) is 17.4. The Kier molecular flexibility index (Phi) is 4.83. The van der Waals surface area contributed by atoms with E-state index in [2.05, 4.69) is 25.6 Å². The van der Waals surface area contributed by atoms with Gasteiger partial charge in [-0.2, -0.15) is 0 Å². The van der Waals surface area contributed by atoms with Crippen molar-refractivity contribution < 1.29 is 9.59 Å². The van der Waals surface area contributed by atoms with Crippen LogP contribution in [0.25, 0.3) is 11.2 Å². The number of pyridine rings is 1. The summed E-state index contributed by atoms with van der Waals surface area (Å²) in [5, 5.41) is 5.39. The summed E-state index contributed by atoms with van der Waals surface area (Å²) in [6.07, 6.45) is 0.0854. The molecule has 0 bridgehead atoms. The number of carbonyl (C=O) groups excluding carboxylic acids is 2. The van der Waals surface area contributed by atoms with E-state index in [-0.39, 0.29) is 30.3 Å². The summed E-state index contributed by atoms with van der Waals surface area (Å²) in [5.74, 6) is -0.251. The number of nitrogens with zero attached hydrogens (tertiary/aromatic N) is 1. The number of aryl methyl sites for hydroxylation is 2. The number of aromatic amines is 2. The highest BCUT2D eigenvalue weighted by atomic mass is 16.2. The Morgan fingerprint density at radius 1 is 0.962 bits per heavy atom. The molecule has 3 aromatic rings. The molecule has 0 atom stereocenters. The topological polar surface area (TPSA) is 120 Å². The van der Waals surface area contributed by atoms with Crippen molar-refractivity contribution in [2.24, 2.45) is 0 Å². The van der Waals surface area contributed by atoms with Gasteiger partial charge in [-0.15, -0.1) is 0 Å². The van der Waals surface area contributed by atoms with Crippen LogP contribution in [0.2, 0.25) is 0 Å². The lowest BCUT2D eigenvalue weighted by atomic mass is 10.1. The van der Waals surface area contributed by atoms with Crippen molar-refractivity contribution in [1.82, 2.24) is 15.0 Å². The summed E-state index contributed by atoms with van der Waals surface area (Å²) in [6, 6.07) is 8.88. The maximum Gasteiger partial charge on any atom is 0.325 e. The fourth-order valence-corrected chi connectivity index (χ4v) is 2.46. The van der Waals surface area contributed by atoms with Gasteiger partial charge in [0.05, 0.1) is 5.52 Å². The second-order valence-electron chi connectivity index (χ2n) is 6.07. The number of aromatic nitrogens is 3. The van der Waals surface area contributed by atoms with Gasteiger partial charge in [0, 0.05) is 18.5 Å². The number of hydrogen-bond acceptors (Lipinski definition) is 4. The van der Waals surface area contributed by atoms with Gasteiger partial charge in [0.25, 0.3) is 0 Å². The highest BCUT2D eigenvalue weighted by molar-refractivity contribution is 5.96. The van der Waals surface area contributed by atoms with E-state index in [4.69, 9.17) is 0 Å². The Morgan fingerprint density at radius 2 is 1.69 bits per heavy atom. The minimum Gasteiger partial charge on any atom is -0.326 e. The first-order valence-electron chi connectivity index (χ1n) is 8.17. The Bertz CT molecular complexity index is 1030. The second kappa shape index (κ2) is 7.22. The van der Waals surface area contributed by atoms with Gasteiger partial charge >= 0.3 is 5.69 Å². The van der Waals surface area contributed by atoms with E-state index in [9.17, 15) is 14.4 Å². The minimum absolute atomic E-state index is 0.0278. The molecule has 2 amide bonds. The first-order valence-corrected chi connectivity index (χ1v) is 8.17. The smallest absolute Gasteiger partial charge is 0.325 e. The summed E-state index contributed by atoms with van der Waals surface area (Å²) in [6.45, 7) is 3.97. The molecule has 2 aromatic heterocycles. The molecule has 0 saturated heterocycles. The molecule has 0 fully saturated rings. The number of amides is 2. The lowest BCUT2D eigenvalue weighted by Crippen LogP contribution is -2.17. The number of nitrogens with one attached hydrogen (secondary N) is 4. The van der Waals surface area contributed by atoms with Crippen LogP contribution in [0.3, 0.4) is 0 Å². The van der Waals surface area contributed by atoms with Gasteiger partial charge in [0.15, 0.2) is 5.65 Å². The molecule has 0 aliphatic heterocycles. The normalized spacial score (nSPS) is 10.7. The molecule has 1 aromatic carbocycles. The predicted octanol–water partition coefficient (Wildman–Crippen LogP) is 2.23. The zero-order valence-corrected chi connectivity index (χ0v) is 14.5. The van der Waals surface area contributed by atoms with Gasteiger partial charge in [0.1, 0.15) is 5.82 Å². The van der Waals surface area contributed by atoms with E-state index in [0.717, 1.165) is 11.1 Å². The number of anilines is 2. The van der Waals surface area contributed by atoms with Crippen molar-refractivity contribution in [2.45, 2.75) is 26.7 Å². The van der Waals surface area contributed by atoms with Crippen LogP contribution in [-0.4, -0.2) is 26.8 Å². The van der Waals surface area contributed by atoms with Crippen molar-refractivity contribution in [3.05, 3.63) is 51.9 Å². The summed E-state index contributed by atoms with van der Waals surface area (Å²) >= 11 is 0. The zero-order chi connectivity index (χ0) is 18.7. The maximum atomic E-state index is 12.0. The maximum absolute atomic E-state index is 12.0. The Balaban J connectivity index is 1.53. The molecule has 8 nitrogen and oxygen atoms in total. The van der Waals surface area contributed by atoms with E-state index in [1.54, 1.807) is 12.1 Å². The summed E-state index contributed by atoms with van der Waals surface area (Å²) < 4.78 is 0.